The molecule has 3 N–H and O–H groups in total. The number of carbonyl (C=O) groups excluding carboxylic acids is 3. The number of sulfonamides is 1. The number of hydrogen-bond donors (Lipinski definition) is 3. The van der Waals surface area contributed by atoms with Crippen LogP contribution in [0.1, 0.15) is 57.8 Å². The molecule has 2 aliphatic heterocycles. The summed E-state index contributed by atoms with van der Waals surface area (Å²) >= 11 is 0. The van der Waals surface area contributed by atoms with E-state index in [1.807, 2.05) is 97.1 Å². The van der Waals surface area contributed by atoms with Crippen LogP contribution in [0.4, 0.5) is 5.69 Å². The van der Waals surface area contributed by atoms with E-state index < -0.39 is 50.8 Å². The average Bonchev–Trinajstić information content (AvgIpc) is 4.14. The number of amides is 3. The predicted molar refractivity (Wildman–Crippen MR) is 213 cm³/mol. The number of methoxy groups -OCH3 is 1. The van der Waals surface area contributed by atoms with E-state index in [1.165, 1.54) is 0 Å². The number of rotatable bonds is 9. The van der Waals surface area contributed by atoms with Crippen LogP contribution in [0, 0.1) is 5.92 Å². The molecule has 2 saturated carbocycles. The Morgan fingerprint density at radius 1 is 0.946 bits per heavy atom. The molecular weight excluding hydrogens is 731 g/mol. The van der Waals surface area contributed by atoms with Gasteiger partial charge < -0.3 is 25.0 Å². The average molecular weight is 778 g/mol. The number of carbonyl (C=O) groups is 3. The number of fused-ring (bicyclic) bond motifs is 3. The lowest BCUT2D eigenvalue weighted by molar-refractivity contribution is -0.140. The van der Waals surface area contributed by atoms with Crippen molar-refractivity contribution in [3.05, 3.63) is 97.1 Å². The topological polar surface area (TPSA) is 156 Å². The number of benzene rings is 3. The van der Waals surface area contributed by atoms with E-state index in [-0.39, 0.29) is 31.2 Å². The molecule has 8 rings (SSSR count). The fraction of sp³-hybridized carbons (Fsp3) is 0.395. The Morgan fingerprint density at radius 2 is 1.71 bits per heavy atom. The highest BCUT2D eigenvalue weighted by Gasteiger charge is 2.62. The first-order chi connectivity index (χ1) is 27.1. The first kappa shape index (κ1) is 37.5. The van der Waals surface area contributed by atoms with Gasteiger partial charge in [0.25, 0.3) is 5.91 Å². The fourth-order valence-corrected chi connectivity index (χ4v) is 9.28. The second-order valence-corrected chi connectivity index (χ2v) is 17.3. The quantitative estimate of drug-likeness (QED) is 0.181. The molecule has 12 nitrogen and oxygen atoms in total. The number of nitrogens with one attached hydrogen (secondary N) is 3. The number of nitrogens with zero attached hydrogens (tertiary/aromatic N) is 2. The van der Waals surface area contributed by atoms with Crippen molar-refractivity contribution in [3.63, 3.8) is 0 Å². The van der Waals surface area contributed by atoms with Gasteiger partial charge in [-0.1, -0.05) is 73.5 Å². The Bertz CT molecular complexity index is 2250. The van der Waals surface area contributed by atoms with Crippen molar-refractivity contribution in [3.8, 4) is 22.8 Å². The van der Waals surface area contributed by atoms with Crippen LogP contribution < -0.4 is 24.8 Å². The van der Waals surface area contributed by atoms with Gasteiger partial charge in [-0.25, -0.2) is 13.4 Å². The van der Waals surface area contributed by atoms with Gasteiger partial charge >= 0.3 is 0 Å². The third-order valence-electron chi connectivity index (χ3n) is 11.3. The zero-order valence-corrected chi connectivity index (χ0v) is 32.2. The van der Waals surface area contributed by atoms with Crippen molar-refractivity contribution in [1.82, 2.24) is 19.9 Å². The van der Waals surface area contributed by atoms with Gasteiger partial charge in [-0.2, -0.15) is 0 Å². The summed E-state index contributed by atoms with van der Waals surface area (Å²) < 4.78 is 40.4. The summed E-state index contributed by atoms with van der Waals surface area (Å²) in [5.74, 6) is -0.705. The van der Waals surface area contributed by atoms with E-state index in [0.29, 0.717) is 42.0 Å². The summed E-state index contributed by atoms with van der Waals surface area (Å²) in [5, 5.41) is 6.55. The maximum absolute atomic E-state index is 14.7. The van der Waals surface area contributed by atoms with Gasteiger partial charge in [0.05, 0.1) is 30.1 Å². The first-order valence-electron chi connectivity index (χ1n) is 19.5. The molecule has 3 fully saturated rings. The first-order valence-corrected chi connectivity index (χ1v) is 21.1. The molecule has 13 heteroatoms. The van der Waals surface area contributed by atoms with Crippen molar-refractivity contribution in [1.29, 1.82) is 0 Å². The highest BCUT2D eigenvalue weighted by molar-refractivity contribution is 7.91. The minimum absolute atomic E-state index is 0.114. The number of anilines is 1. The largest absolute Gasteiger partial charge is 0.497 e. The molecule has 1 saturated heterocycles. The second kappa shape index (κ2) is 15.6. The van der Waals surface area contributed by atoms with Gasteiger partial charge in [-0.15, -0.1) is 0 Å². The molecule has 56 heavy (non-hydrogen) atoms. The molecule has 0 spiro atoms. The van der Waals surface area contributed by atoms with E-state index in [4.69, 9.17) is 14.5 Å². The minimum atomic E-state index is -3.86. The molecular formula is C43H47N5O7S. The van der Waals surface area contributed by atoms with Gasteiger partial charge in [-0.3, -0.25) is 19.1 Å². The Kier molecular flexibility index (Phi) is 10.4. The molecule has 5 atom stereocenters. The van der Waals surface area contributed by atoms with E-state index >= 15 is 0 Å². The van der Waals surface area contributed by atoms with Crippen LogP contribution in [-0.4, -0.2) is 78.7 Å². The highest BCUT2D eigenvalue weighted by atomic mass is 32.2. The number of pyridine rings is 1. The summed E-state index contributed by atoms with van der Waals surface area (Å²) in [6.45, 7) is 0.114. The molecule has 4 aliphatic rings. The number of aromatic nitrogens is 1. The van der Waals surface area contributed by atoms with Crippen LogP contribution in [0.3, 0.4) is 0 Å². The van der Waals surface area contributed by atoms with Gasteiger partial charge in [0.2, 0.25) is 21.8 Å². The Hall–Kier alpha value is -5.43. The highest BCUT2D eigenvalue weighted by Crippen LogP contribution is 2.46. The van der Waals surface area contributed by atoms with Gasteiger partial charge in [0, 0.05) is 41.1 Å². The third kappa shape index (κ3) is 7.95. The van der Waals surface area contributed by atoms with E-state index in [9.17, 15) is 22.8 Å². The summed E-state index contributed by atoms with van der Waals surface area (Å²) in [6.07, 6.45) is 8.61. The lowest BCUT2D eigenvalue weighted by Crippen LogP contribution is -2.57. The van der Waals surface area contributed by atoms with E-state index in [1.54, 1.807) is 12.0 Å². The molecule has 3 heterocycles. The lowest BCUT2D eigenvalue weighted by Gasteiger charge is -2.30. The van der Waals surface area contributed by atoms with Crippen molar-refractivity contribution in [2.45, 2.75) is 86.8 Å². The van der Waals surface area contributed by atoms with Gasteiger partial charge in [0.1, 0.15) is 35.2 Å². The van der Waals surface area contributed by atoms with E-state index in [0.717, 1.165) is 42.3 Å². The SMILES string of the molecule is COc1ccc2c(O[C@@H]3C[C@H]4C(=O)N[C@]5(C(=O)NS(=O)(=O)C6CC6)C[C@@H]5/C=C\CCCCC[C@H](Nc5ccccc5)C(=O)N4C3)cc(-c3ccccc3)nc2c1. The second-order valence-electron chi connectivity index (χ2n) is 15.3. The van der Waals surface area contributed by atoms with Crippen LogP contribution in [0.25, 0.3) is 22.2 Å². The molecule has 1 aromatic heterocycles. The molecule has 0 radical (unpaired) electrons. The number of ether oxygens (including phenoxy) is 2. The number of allylic oxidation sites excluding steroid dienone is 1. The Balaban J connectivity index is 1.13. The Morgan fingerprint density at radius 3 is 2.46 bits per heavy atom. The summed E-state index contributed by atoms with van der Waals surface area (Å²) in [5.41, 5.74) is 1.59. The van der Waals surface area contributed by atoms with Gasteiger partial charge in [-0.05, 0) is 62.8 Å². The standard InChI is InChI=1S/C43H47N5O7S/c1-54-31-19-22-34-37(23-31)45-36(28-13-7-5-8-14-28)25-39(34)55-32-24-38-40(49)46-43(42(51)47-56(52,53)33-20-21-33)26-29(43)15-9-3-2-4-12-18-35(41(50)48(38)27-32)44-30-16-10-6-11-17-30/h5-11,13-17,19,22-23,25,29,32-33,35,38,44H,2-4,12,18,20-21,24,26-27H2,1H3,(H,46,49)(H,47,51)/b15-9-/t29-,32+,35-,38-,43+/m0/s1. The minimum Gasteiger partial charge on any atom is -0.497 e. The monoisotopic (exact) mass is 777 g/mol. The molecule has 0 bridgehead atoms. The summed E-state index contributed by atoms with van der Waals surface area (Å²) in [4.78, 5) is 49.6. The van der Waals surface area contributed by atoms with Crippen molar-refractivity contribution in [2.75, 3.05) is 19.0 Å². The molecule has 0 unspecified atom stereocenters. The van der Waals surface area contributed by atoms with Crippen molar-refractivity contribution in [2.24, 2.45) is 5.92 Å². The van der Waals surface area contributed by atoms with Crippen molar-refractivity contribution < 1.29 is 32.3 Å². The zero-order chi connectivity index (χ0) is 38.9. The summed E-state index contributed by atoms with van der Waals surface area (Å²) in [7, 11) is -2.27. The number of para-hydroxylation sites is 1. The third-order valence-corrected chi connectivity index (χ3v) is 13.1. The fourth-order valence-electron chi connectivity index (χ4n) is 7.92. The Labute approximate surface area is 327 Å². The maximum atomic E-state index is 14.7. The summed E-state index contributed by atoms with van der Waals surface area (Å²) in [6, 6.07) is 25.1. The molecule has 3 amide bonds. The van der Waals surface area contributed by atoms with Crippen LogP contribution >= 0.6 is 0 Å². The van der Waals surface area contributed by atoms with Crippen molar-refractivity contribution >= 4 is 44.3 Å². The zero-order valence-electron chi connectivity index (χ0n) is 31.4. The molecule has 2 aliphatic carbocycles. The van der Waals surface area contributed by atoms with Crippen LogP contribution in [0.2, 0.25) is 0 Å². The van der Waals surface area contributed by atoms with Crippen LogP contribution in [0.15, 0.2) is 97.1 Å². The molecule has 292 valence electrons. The molecule has 4 aromatic rings. The van der Waals surface area contributed by atoms with Crippen LogP contribution in [0.5, 0.6) is 11.5 Å². The maximum Gasteiger partial charge on any atom is 0.259 e. The normalized spacial score (nSPS) is 26.1. The molecule has 3 aromatic carbocycles. The van der Waals surface area contributed by atoms with E-state index in [2.05, 4.69) is 15.4 Å². The van der Waals surface area contributed by atoms with Gasteiger partial charge in [0.15, 0.2) is 0 Å². The lowest BCUT2D eigenvalue weighted by atomic mass is 10.0. The number of hydrogen-bond acceptors (Lipinski definition) is 9. The predicted octanol–water partition coefficient (Wildman–Crippen LogP) is 5.74. The smallest absolute Gasteiger partial charge is 0.259 e. The van der Waals surface area contributed by atoms with Crippen LogP contribution in [-0.2, 0) is 24.4 Å².